The summed E-state index contributed by atoms with van der Waals surface area (Å²) in [7, 11) is 4.19. The van der Waals surface area contributed by atoms with Crippen molar-refractivity contribution in [1.82, 2.24) is 10.2 Å². The van der Waals surface area contributed by atoms with E-state index >= 15 is 0 Å². The SMILES string of the molecule is CN(C)CC1=CNC2=CC=CC=C1C2. The number of nitrogens with zero attached hydrogens (tertiary/aromatic N) is 1. The van der Waals surface area contributed by atoms with Crippen LogP contribution in [0.15, 0.2) is 47.3 Å². The Labute approximate surface area is 85.3 Å². The van der Waals surface area contributed by atoms with Crippen LogP contribution < -0.4 is 5.32 Å². The second-order valence-corrected chi connectivity index (χ2v) is 4.00. The summed E-state index contributed by atoms with van der Waals surface area (Å²) in [5.41, 5.74) is 4.10. The van der Waals surface area contributed by atoms with E-state index in [0.717, 1.165) is 13.0 Å². The fraction of sp³-hybridized carbons (Fsp3) is 0.333. The largest absolute Gasteiger partial charge is 0.364 e. The molecule has 0 spiro atoms. The van der Waals surface area contributed by atoms with Gasteiger partial charge < -0.3 is 10.2 Å². The van der Waals surface area contributed by atoms with Gasteiger partial charge in [0.25, 0.3) is 0 Å². The predicted octanol–water partition coefficient (Wildman–Crippen LogP) is 1.81. The summed E-state index contributed by atoms with van der Waals surface area (Å²) in [4.78, 5) is 2.19. The molecule has 14 heavy (non-hydrogen) atoms. The molecule has 1 N–H and O–H groups in total. The van der Waals surface area contributed by atoms with Crippen LogP contribution >= 0.6 is 0 Å². The minimum atomic E-state index is 1.000. The highest BCUT2D eigenvalue weighted by molar-refractivity contribution is 5.44. The standard InChI is InChI=1S/C12H16N2/c1-14(2)9-11-8-13-12-6-4-3-5-10(11)7-12/h3-6,8,13H,7,9H2,1-2H3. The Morgan fingerprint density at radius 3 is 2.86 bits per heavy atom. The highest BCUT2D eigenvalue weighted by atomic mass is 15.1. The molecular formula is C12H16N2. The molecule has 0 unspecified atom stereocenters. The monoisotopic (exact) mass is 188 g/mol. The Bertz CT molecular complexity index is 343. The summed E-state index contributed by atoms with van der Waals surface area (Å²) < 4.78 is 0. The zero-order valence-electron chi connectivity index (χ0n) is 8.75. The summed E-state index contributed by atoms with van der Waals surface area (Å²) >= 11 is 0. The third-order valence-corrected chi connectivity index (χ3v) is 2.42. The van der Waals surface area contributed by atoms with Gasteiger partial charge >= 0.3 is 0 Å². The lowest BCUT2D eigenvalue weighted by Crippen LogP contribution is -2.22. The van der Waals surface area contributed by atoms with E-state index in [2.05, 4.69) is 54.8 Å². The molecule has 74 valence electrons. The van der Waals surface area contributed by atoms with Crippen LogP contribution in [0.2, 0.25) is 0 Å². The normalized spacial score (nSPS) is 19.5. The lowest BCUT2D eigenvalue weighted by atomic mass is 9.99. The first-order valence-electron chi connectivity index (χ1n) is 4.93. The zero-order chi connectivity index (χ0) is 9.97. The topological polar surface area (TPSA) is 15.3 Å². The number of rotatable bonds is 2. The average Bonchev–Trinajstić information content (AvgIpc) is 2.33. The molecule has 0 amide bonds. The molecule has 0 saturated carbocycles. The molecule has 0 saturated heterocycles. The first kappa shape index (κ1) is 9.28. The number of hydrogen-bond donors (Lipinski definition) is 1. The van der Waals surface area contributed by atoms with Crippen molar-refractivity contribution < 1.29 is 0 Å². The molecule has 0 aromatic carbocycles. The highest BCUT2D eigenvalue weighted by Gasteiger charge is 2.13. The second kappa shape index (κ2) is 3.84. The van der Waals surface area contributed by atoms with Crippen molar-refractivity contribution in [2.75, 3.05) is 20.6 Å². The first-order chi connectivity index (χ1) is 6.75. The number of likely N-dealkylation sites (N-methyl/N-ethyl adjacent to an activating group) is 1. The van der Waals surface area contributed by atoms with Gasteiger partial charge in [0.05, 0.1) is 0 Å². The molecular weight excluding hydrogens is 172 g/mol. The Kier molecular flexibility index (Phi) is 2.55. The van der Waals surface area contributed by atoms with Gasteiger partial charge in [-0.3, -0.25) is 0 Å². The Morgan fingerprint density at radius 2 is 2.07 bits per heavy atom. The van der Waals surface area contributed by atoms with E-state index in [9.17, 15) is 0 Å². The van der Waals surface area contributed by atoms with Gasteiger partial charge in [-0.1, -0.05) is 18.2 Å². The van der Waals surface area contributed by atoms with Crippen molar-refractivity contribution in [2.24, 2.45) is 0 Å². The van der Waals surface area contributed by atoms with E-state index in [4.69, 9.17) is 0 Å². The minimum absolute atomic E-state index is 1.000. The molecule has 2 nitrogen and oxygen atoms in total. The maximum Gasteiger partial charge on any atom is 0.0244 e. The molecule has 2 bridgehead atoms. The Balaban J connectivity index is 2.23. The maximum atomic E-state index is 3.33. The van der Waals surface area contributed by atoms with Gasteiger partial charge in [-0.05, 0) is 31.3 Å². The molecule has 0 fully saturated rings. The zero-order valence-corrected chi connectivity index (χ0v) is 8.75. The third kappa shape index (κ3) is 1.96. The predicted molar refractivity (Wildman–Crippen MR) is 59.7 cm³/mol. The van der Waals surface area contributed by atoms with Crippen LogP contribution in [0, 0.1) is 0 Å². The quantitative estimate of drug-likeness (QED) is 0.711. The minimum Gasteiger partial charge on any atom is -0.364 e. The van der Waals surface area contributed by atoms with Gasteiger partial charge in [0.1, 0.15) is 0 Å². The summed E-state index contributed by atoms with van der Waals surface area (Å²) in [5.74, 6) is 0. The lowest BCUT2D eigenvalue weighted by Gasteiger charge is -2.22. The van der Waals surface area contributed by atoms with Crippen LogP contribution in [0.3, 0.4) is 0 Å². The third-order valence-electron chi connectivity index (χ3n) is 2.42. The number of nitrogens with one attached hydrogen (secondary N) is 1. The Hall–Kier alpha value is -1.28. The van der Waals surface area contributed by atoms with E-state index in [-0.39, 0.29) is 0 Å². The summed E-state index contributed by atoms with van der Waals surface area (Å²) in [5, 5.41) is 3.33. The van der Waals surface area contributed by atoms with Crippen LogP contribution in [-0.2, 0) is 0 Å². The van der Waals surface area contributed by atoms with Gasteiger partial charge in [-0.15, -0.1) is 0 Å². The van der Waals surface area contributed by atoms with Crippen molar-refractivity contribution in [3.8, 4) is 0 Å². The van der Waals surface area contributed by atoms with Gasteiger partial charge in [-0.25, -0.2) is 0 Å². The number of hydrogen-bond acceptors (Lipinski definition) is 2. The molecule has 1 aliphatic heterocycles. The van der Waals surface area contributed by atoms with E-state index in [1.54, 1.807) is 0 Å². The van der Waals surface area contributed by atoms with E-state index in [0.29, 0.717) is 0 Å². The van der Waals surface area contributed by atoms with E-state index in [1.165, 1.54) is 16.8 Å². The van der Waals surface area contributed by atoms with Crippen molar-refractivity contribution >= 4 is 0 Å². The molecule has 2 rings (SSSR count). The summed E-state index contributed by atoms with van der Waals surface area (Å²) in [6.07, 6.45) is 11.7. The van der Waals surface area contributed by atoms with E-state index < -0.39 is 0 Å². The van der Waals surface area contributed by atoms with Crippen LogP contribution in [0.25, 0.3) is 0 Å². The van der Waals surface area contributed by atoms with Crippen LogP contribution in [-0.4, -0.2) is 25.5 Å². The molecule has 1 aliphatic carbocycles. The van der Waals surface area contributed by atoms with Gasteiger partial charge in [0.15, 0.2) is 0 Å². The smallest absolute Gasteiger partial charge is 0.0244 e. The first-order valence-corrected chi connectivity index (χ1v) is 4.93. The van der Waals surface area contributed by atoms with Crippen molar-refractivity contribution in [2.45, 2.75) is 6.42 Å². The molecule has 2 aliphatic rings. The molecule has 0 aromatic rings. The number of fused-ring (bicyclic) bond motifs is 2. The van der Waals surface area contributed by atoms with Crippen LogP contribution in [0.4, 0.5) is 0 Å². The number of allylic oxidation sites excluding steroid dienone is 5. The molecule has 1 heterocycles. The van der Waals surface area contributed by atoms with Crippen LogP contribution in [0.1, 0.15) is 6.42 Å². The molecule has 0 atom stereocenters. The summed E-state index contributed by atoms with van der Waals surface area (Å²) in [6, 6.07) is 0. The van der Waals surface area contributed by atoms with Gasteiger partial charge in [0, 0.05) is 24.9 Å². The second-order valence-electron chi connectivity index (χ2n) is 4.00. The molecule has 0 radical (unpaired) electrons. The van der Waals surface area contributed by atoms with Gasteiger partial charge in [0.2, 0.25) is 0 Å². The van der Waals surface area contributed by atoms with Crippen molar-refractivity contribution in [3.05, 3.63) is 47.3 Å². The van der Waals surface area contributed by atoms with Crippen LogP contribution in [0.5, 0.6) is 0 Å². The maximum absolute atomic E-state index is 3.33. The lowest BCUT2D eigenvalue weighted by molar-refractivity contribution is 0.444. The average molecular weight is 188 g/mol. The highest BCUT2D eigenvalue weighted by Crippen LogP contribution is 2.24. The van der Waals surface area contributed by atoms with E-state index in [1.807, 2.05) is 0 Å². The summed E-state index contributed by atoms with van der Waals surface area (Å²) in [6.45, 7) is 1.000. The van der Waals surface area contributed by atoms with Crippen molar-refractivity contribution in [3.63, 3.8) is 0 Å². The van der Waals surface area contributed by atoms with Gasteiger partial charge in [-0.2, -0.15) is 0 Å². The fourth-order valence-electron chi connectivity index (χ4n) is 1.75. The fourth-order valence-corrected chi connectivity index (χ4v) is 1.75. The molecule has 0 aromatic heterocycles. The molecule has 2 heteroatoms. The Morgan fingerprint density at radius 1 is 1.29 bits per heavy atom. The van der Waals surface area contributed by atoms with Crippen molar-refractivity contribution in [1.29, 1.82) is 0 Å².